The lowest BCUT2D eigenvalue weighted by Crippen LogP contribution is -2.41. The number of halogens is 1. The summed E-state index contributed by atoms with van der Waals surface area (Å²) in [4.78, 5) is 12.5. The van der Waals surface area contributed by atoms with Gasteiger partial charge in [0.2, 0.25) is 0 Å². The number of urea groups is 1. The van der Waals surface area contributed by atoms with Crippen molar-refractivity contribution in [1.82, 2.24) is 10.3 Å². The number of hydrogen-bond acceptors (Lipinski definition) is 4. The van der Waals surface area contributed by atoms with Gasteiger partial charge in [-0.15, -0.1) is 0 Å². The summed E-state index contributed by atoms with van der Waals surface area (Å²) in [5.74, 6) is 1.39. The zero-order valence-corrected chi connectivity index (χ0v) is 18.7. The zero-order chi connectivity index (χ0) is 21.0. The van der Waals surface area contributed by atoms with Gasteiger partial charge in [-0.05, 0) is 57.0 Å². The molecule has 1 aliphatic rings. The Kier molecular flexibility index (Phi) is 6.79. The smallest absolute Gasteiger partial charge is 0.337 e. The second-order valence-corrected chi connectivity index (χ2v) is 7.65. The minimum Gasteiger partial charge on any atom is -0.490 e. The number of nitrogens with zero attached hydrogens (tertiary/aromatic N) is 2. The molecule has 29 heavy (non-hydrogen) atoms. The lowest BCUT2D eigenvalue weighted by atomic mass is 9.94. The zero-order valence-electron chi connectivity index (χ0n) is 17.2. The first-order valence-electron chi connectivity index (χ1n) is 9.76. The summed E-state index contributed by atoms with van der Waals surface area (Å²) in [5, 5.41) is 8.97. The monoisotopic (exact) mass is 459 g/mol. The van der Waals surface area contributed by atoms with Gasteiger partial charge in [-0.25, -0.2) is 9.80 Å². The maximum atomic E-state index is 12.5. The van der Waals surface area contributed by atoms with E-state index in [2.05, 4.69) is 21.2 Å². The number of ether oxygens (including phenoxy) is 2. The van der Waals surface area contributed by atoms with Crippen LogP contribution in [0, 0.1) is 0 Å². The van der Waals surface area contributed by atoms with E-state index in [-0.39, 0.29) is 12.1 Å². The molecule has 1 atom stereocenters. The Balaban J connectivity index is 2.22. The van der Waals surface area contributed by atoms with Crippen molar-refractivity contribution in [2.24, 2.45) is 5.10 Å². The fourth-order valence-corrected chi connectivity index (χ4v) is 3.64. The van der Waals surface area contributed by atoms with Crippen LogP contribution in [0.3, 0.4) is 0 Å². The number of nitrogens with one attached hydrogen (secondary N) is 1. The van der Waals surface area contributed by atoms with Crippen LogP contribution in [0.2, 0.25) is 0 Å². The molecular formula is C22H26BrN3O3. The normalized spacial score (nSPS) is 15.8. The van der Waals surface area contributed by atoms with Crippen molar-refractivity contribution in [3.05, 3.63) is 57.6 Å². The van der Waals surface area contributed by atoms with E-state index < -0.39 is 0 Å². The molecule has 2 aromatic carbocycles. The van der Waals surface area contributed by atoms with Gasteiger partial charge in [0.25, 0.3) is 0 Å². The van der Waals surface area contributed by atoms with Gasteiger partial charge in [0.05, 0.1) is 25.0 Å². The van der Waals surface area contributed by atoms with Gasteiger partial charge in [-0.3, -0.25) is 0 Å². The molecule has 154 valence electrons. The molecule has 0 bridgehead atoms. The van der Waals surface area contributed by atoms with E-state index in [0.717, 1.165) is 26.9 Å². The lowest BCUT2D eigenvalue weighted by Gasteiger charge is -2.22. The number of fused-ring (bicyclic) bond motifs is 1. The molecule has 2 amide bonds. The van der Waals surface area contributed by atoms with Crippen molar-refractivity contribution in [2.75, 3.05) is 20.3 Å². The molecule has 3 rings (SSSR count). The Morgan fingerprint density at radius 3 is 2.38 bits per heavy atom. The third-order valence-corrected chi connectivity index (χ3v) is 5.23. The van der Waals surface area contributed by atoms with Crippen molar-refractivity contribution in [3.8, 4) is 11.5 Å². The van der Waals surface area contributed by atoms with Crippen LogP contribution >= 0.6 is 15.9 Å². The average molecular weight is 460 g/mol. The number of hydrogen-bond donors (Lipinski definition) is 1. The third kappa shape index (κ3) is 4.56. The largest absolute Gasteiger partial charge is 0.490 e. The number of carbonyl (C=O) groups excluding carboxylic acids is 1. The Morgan fingerprint density at radius 2 is 1.79 bits per heavy atom. The summed E-state index contributed by atoms with van der Waals surface area (Å²) < 4.78 is 12.6. The van der Waals surface area contributed by atoms with Crippen LogP contribution < -0.4 is 14.8 Å². The fourth-order valence-electron chi connectivity index (χ4n) is 3.37. The standard InChI is InChI=1S/C22H26BrN3O3/c1-5-28-19-12-16-11-14(3)26(22(27)24-4)25-21(15-7-9-17(23)10-8-15)18(16)13-20(19)29-6-2/h7-10,12-14H,5-6,11H2,1-4H3,(H,24,27). The predicted octanol–water partition coefficient (Wildman–Crippen LogP) is 4.58. The fraction of sp³-hybridized carbons (Fsp3) is 0.364. The Labute approximate surface area is 180 Å². The highest BCUT2D eigenvalue weighted by Crippen LogP contribution is 2.35. The van der Waals surface area contributed by atoms with E-state index >= 15 is 0 Å². The van der Waals surface area contributed by atoms with E-state index in [1.54, 1.807) is 7.05 Å². The quantitative estimate of drug-likeness (QED) is 0.711. The molecule has 0 saturated carbocycles. The molecule has 1 N–H and O–H groups in total. The van der Waals surface area contributed by atoms with Gasteiger partial charge < -0.3 is 14.8 Å². The topological polar surface area (TPSA) is 63.2 Å². The van der Waals surface area contributed by atoms with Gasteiger partial charge in [0.15, 0.2) is 11.5 Å². The highest BCUT2D eigenvalue weighted by Gasteiger charge is 2.28. The number of benzene rings is 2. The minimum atomic E-state index is -0.241. The van der Waals surface area contributed by atoms with Crippen LogP contribution in [-0.4, -0.2) is 43.1 Å². The van der Waals surface area contributed by atoms with Gasteiger partial charge in [-0.1, -0.05) is 28.1 Å². The molecule has 0 spiro atoms. The number of rotatable bonds is 5. The number of hydrazone groups is 1. The van der Waals surface area contributed by atoms with Crippen LogP contribution in [0.4, 0.5) is 4.79 Å². The Hall–Kier alpha value is -2.54. The first kappa shape index (κ1) is 21.2. The molecule has 1 unspecified atom stereocenters. The maximum absolute atomic E-state index is 12.5. The van der Waals surface area contributed by atoms with Gasteiger partial charge >= 0.3 is 6.03 Å². The van der Waals surface area contributed by atoms with E-state index in [1.165, 1.54) is 5.01 Å². The first-order valence-corrected chi connectivity index (χ1v) is 10.6. The van der Waals surface area contributed by atoms with Gasteiger partial charge in [-0.2, -0.15) is 5.10 Å². The molecule has 0 fully saturated rings. The lowest BCUT2D eigenvalue weighted by molar-refractivity contribution is 0.184. The van der Waals surface area contributed by atoms with Crippen molar-refractivity contribution in [1.29, 1.82) is 0 Å². The van der Waals surface area contributed by atoms with Crippen LogP contribution in [0.25, 0.3) is 0 Å². The summed E-state index contributed by atoms with van der Waals surface area (Å²) in [5.41, 5.74) is 3.66. The highest BCUT2D eigenvalue weighted by atomic mass is 79.9. The molecule has 0 aliphatic carbocycles. The van der Waals surface area contributed by atoms with Crippen LogP contribution in [0.15, 0.2) is 46.0 Å². The Bertz CT molecular complexity index is 912. The molecule has 0 radical (unpaired) electrons. The first-order chi connectivity index (χ1) is 14.0. The van der Waals surface area contributed by atoms with E-state index in [4.69, 9.17) is 14.6 Å². The third-order valence-electron chi connectivity index (χ3n) is 4.70. The van der Waals surface area contributed by atoms with Crippen molar-refractivity contribution < 1.29 is 14.3 Å². The summed E-state index contributed by atoms with van der Waals surface area (Å²) in [7, 11) is 1.61. The summed E-state index contributed by atoms with van der Waals surface area (Å²) in [6.45, 7) is 6.97. The number of amides is 2. The minimum absolute atomic E-state index is 0.117. The molecule has 0 aromatic heterocycles. The maximum Gasteiger partial charge on any atom is 0.337 e. The molecule has 1 heterocycles. The summed E-state index contributed by atoms with van der Waals surface area (Å²) in [6.07, 6.45) is 0.652. The highest BCUT2D eigenvalue weighted by molar-refractivity contribution is 9.10. The van der Waals surface area contributed by atoms with Crippen LogP contribution in [0.1, 0.15) is 37.5 Å². The SMILES string of the molecule is CCOc1cc2c(cc1OCC)C(c1ccc(Br)cc1)=NN(C(=O)NC)C(C)C2. The number of carbonyl (C=O) groups is 1. The molecular weight excluding hydrogens is 434 g/mol. The van der Waals surface area contributed by atoms with Crippen molar-refractivity contribution >= 4 is 27.7 Å². The molecule has 2 aromatic rings. The van der Waals surface area contributed by atoms with Gasteiger partial charge in [0, 0.05) is 22.6 Å². The predicted molar refractivity (Wildman–Crippen MR) is 118 cm³/mol. The molecule has 1 aliphatic heterocycles. The second-order valence-electron chi connectivity index (χ2n) is 6.73. The summed E-state index contributed by atoms with van der Waals surface area (Å²) in [6, 6.07) is 11.5. The van der Waals surface area contributed by atoms with E-state index in [1.807, 2.05) is 57.2 Å². The second kappa shape index (κ2) is 9.31. The molecule has 0 saturated heterocycles. The van der Waals surface area contributed by atoms with Crippen LogP contribution in [0.5, 0.6) is 11.5 Å². The van der Waals surface area contributed by atoms with Crippen molar-refractivity contribution in [3.63, 3.8) is 0 Å². The molecule has 7 heteroatoms. The molecule has 6 nitrogen and oxygen atoms in total. The Morgan fingerprint density at radius 1 is 1.17 bits per heavy atom. The van der Waals surface area contributed by atoms with Crippen molar-refractivity contribution in [2.45, 2.75) is 33.2 Å². The average Bonchev–Trinajstić information content (AvgIpc) is 2.85. The van der Waals surface area contributed by atoms with Gasteiger partial charge in [0.1, 0.15) is 0 Å². The van der Waals surface area contributed by atoms with Crippen LogP contribution in [-0.2, 0) is 6.42 Å². The van der Waals surface area contributed by atoms with E-state index in [0.29, 0.717) is 31.1 Å². The van der Waals surface area contributed by atoms with E-state index in [9.17, 15) is 4.79 Å². The summed E-state index contributed by atoms with van der Waals surface area (Å²) >= 11 is 3.48.